The topological polar surface area (TPSA) is 88.9 Å². The maximum atomic E-state index is 13.5. The van der Waals surface area contributed by atoms with Gasteiger partial charge in [-0.25, -0.2) is 12.8 Å². The molecule has 1 atom stereocenters. The van der Waals surface area contributed by atoms with Crippen molar-refractivity contribution in [2.24, 2.45) is 0 Å². The van der Waals surface area contributed by atoms with Gasteiger partial charge in [0.05, 0.1) is 5.56 Å². The van der Waals surface area contributed by atoms with E-state index in [1.807, 2.05) is 0 Å². The Bertz CT molecular complexity index is 1620. The molecule has 12 heteroatoms. The highest BCUT2D eigenvalue weighted by Crippen LogP contribution is 2.33. The van der Waals surface area contributed by atoms with Crippen LogP contribution in [0.1, 0.15) is 24.0 Å². The summed E-state index contributed by atoms with van der Waals surface area (Å²) >= 11 is 0. The van der Waals surface area contributed by atoms with Gasteiger partial charge in [0.25, 0.3) is 10.0 Å². The van der Waals surface area contributed by atoms with Crippen LogP contribution in [0.3, 0.4) is 0 Å². The summed E-state index contributed by atoms with van der Waals surface area (Å²) in [5.41, 5.74) is 0.0682. The van der Waals surface area contributed by atoms with Gasteiger partial charge < -0.3 is 14.5 Å². The predicted molar refractivity (Wildman–Crippen MR) is 133 cm³/mol. The van der Waals surface area contributed by atoms with Crippen LogP contribution in [-0.4, -0.2) is 31.2 Å². The number of carbonyl (C=O) groups is 1. The number of ether oxygens (including phenoxy) is 1. The van der Waals surface area contributed by atoms with E-state index in [9.17, 15) is 30.8 Å². The molecule has 5 rings (SSSR count). The van der Waals surface area contributed by atoms with Gasteiger partial charge in [0, 0.05) is 24.5 Å². The lowest BCUT2D eigenvalue weighted by atomic mass is 10.2. The Hall–Kier alpha value is -3.90. The number of nitrogens with one attached hydrogen (secondary N) is 1. The number of hydrogen-bond acceptors (Lipinski definition) is 5. The van der Waals surface area contributed by atoms with E-state index >= 15 is 0 Å². The summed E-state index contributed by atoms with van der Waals surface area (Å²) in [6.07, 6.45) is -3.68. The van der Waals surface area contributed by atoms with Gasteiger partial charge in [-0.3, -0.25) is 4.79 Å². The molecule has 1 fully saturated rings. The normalized spacial score (nSPS) is 16.5. The fourth-order valence-corrected chi connectivity index (χ4v) is 5.98. The van der Waals surface area contributed by atoms with Crippen LogP contribution in [0.5, 0.6) is 11.5 Å². The third kappa shape index (κ3) is 5.76. The molecule has 39 heavy (non-hydrogen) atoms. The molecule has 1 aliphatic rings. The van der Waals surface area contributed by atoms with Gasteiger partial charge in [0.1, 0.15) is 28.9 Å². The molecular weight excluding hydrogens is 540 g/mol. The van der Waals surface area contributed by atoms with Crippen LogP contribution in [0, 0.1) is 5.82 Å². The highest BCUT2D eigenvalue weighted by atomic mass is 32.2. The van der Waals surface area contributed by atoms with Crippen molar-refractivity contribution >= 4 is 26.9 Å². The molecule has 0 spiro atoms. The Labute approximate surface area is 221 Å². The highest BCUT2D eigenvalue weighted by Gasteiger charge is 2.41. The van der Waals surface area contributed by atoms with E-state index in [0.29, 0.717) is 29.5 Å². The lowest BCUT2D eigenvalue weighted by Gasteiger charge is -2.22. The first kappa shape index (κ1) is 26.7. The lowest BCUT2D eigenvalue weighted by molar-refractivity contribution is -0.137. The molecule has 3 aromatic carbocycles. The second-order valence-electron chi connectivity index (χ2n) is 9.01. The first-order valence-corrected chi connectivity index (χ1v) is 13.4. The van der Waals surface area contributed by atoms with E-state index in [4.69, 9.17) is 9.15 Å². The predicted octanol–water partition coefficient (Wildman–Crippen LogP) is 5.85. The summed E-state index contributed by atoms with van der Waals surface area (Å²) in [6.45, 7) is 0.227. The molecule has 0 radical (unpaired) electrons. The second kappa shape index (κ2) is 10.3. The largest absolute Gasteiger partial charge is 0.457 e. The van der Waals surface area contributed by atoms with Crippen molar-refractivity contribution in [3.05, 3.63) is 89.7 Å². The molecule has 4 aromatic rings. The van der Waals surface area contributed by atoms with Gasteiger partial charge in [0.15, 0.2) is 0 Å². The number of nitrogens with zero attached hydrogens (tertiary/aromatic N) is 1. The van der Waals surface area contributed by atoms with Crippen molar-refractivity contribution in [2.75, 3.05) is 6.54 Å². The van der Waals surface area contributed by atoms with Gasteiger partial charge in [-0.1, -0.05) is 18.2 Å². The number of furan rings is 1. The van der Waals surface area contributed by atoms with Crippen LogP contribution in [0.4, 0.5) is 17.6 Å². The van der Waals surface area contributed by atoms with Crippen LogP contribution in [0.15, 0.2) is 82.3 Å². The van der Waals surface area contributed by atoms with Crippen molar-refractivity contribution in [3.63, 3.8) is 0 Å². The van der Waals surface area contributed by atoms with Crippen LogP contribution in [-0.2, 0) is 27.5 Å². The molecule has 0 saturated carbocycles. The van der Waals surface area contributed by atoms with Crippen LogP contribution >= 0.6 is 0 Å². The first-order valence-electron chi connectivity index (χ1n) is 11.9. The van der Waals surface area contributed by atoms with Crippen molar-refractivity contribution < 1.29 is 39.9 Å². The molecule has 0 aliphatic carbocycles. The van der Waals surface area contributed by atoms with E-state index in [2.05, 4.69) is 5.32 Å². The van der Waals surface area contributed by atoms with Crippen molar-refractivity contribution in [2.45, 2.75) is 36.7 Å². The van der Waals surface area contributed by atoms with E-state index in [1.54, 1.807) is 24.3 Å². The molecule has 1 amide bonds. The second-order valence-corrected chi connectivity index (χ2v) is 10.8. The molecule has 1 N–H and O–H groups in total. The molecule has 1 unspecified atom stereocenters. The number of halogens is 4. The summed E-state index contributed by atoms with van der Waals surface area (Å²) in [6, 6.07) is 14.9. The minimum absolute atomic E-state index is 0.0306. The number of carbonyl (C=O) groups excluding carboxylic acids is 1. The summed E-state index contributed by atoms with van der Waals surface area (Å²) < 4.78 is 90.7. The van der Waals surface area contributed by atoms with Crippen LogP contribution in [0.2, 0.25) is 0 Å². The zero-order chi connectivity index (χ0) is 27.8. The number of amides is 1. The monoisotopic (exact) mass is 562 g/mol. The number of alkyl halides is 3. The summed E-state index contributed by atoms with van der Waals surface area (Å²) in [5.74, 6) is -0.672. The fraction of sp³-hybridized carbons (Fsp3) is 0.222. The third-order valence-electron chi connectivity index (χ3n) is 6.31. The molecule has 1 aliphatic heterocycles. The maximum Gasteiger partial charge on any atom is 0.416 e. The average Bonchev–Trinajstić information content (AvgIpc) is 3.56. The molecule has 2 heterocycles. The van der Waals surface area contributed by atoms with Crippen molar-refractivity contribution in [1.29, 1.82) is 0 Å². The van der Waals surface area contributed by atoms with E-state index < -0.39 is 39.5 Å². The Balaban J connectivity index is 1.22. The molecule has 1 aromatic heterocycles. The standard InChI is InChI=1S/C27H22F4N2O5S/c28-20-8-11-24-18(13-20)14-25(38-24)39(35,36)33-12-2-5-23(33)26(34)32-16-17-6-9-21(10-7-17)37-22-4-1-3-19(15-22)27(29,30)31/h1,3-4,6-11,13-15,23H,2,5,12,16H2,(H,32,34). The van der Waals surface area contributed by atoms with Crippen LogP contribution < -0.4 is 10.1 Å². The van der Waals surface area contributed by atoms with Crippen molar-refractivity contribution in [1.82, 2.24) is 9.62 Å². The minimum Gasteiger partial charge on any atom is -0.457 e. The Morgan fingerprint density at radius 2 is 1.79 bits per heavy atom. The number of hydrogen-bond donors (Lipinski definition) is 1. The minimum atomic E-state index is -4.48. The molecule has 7 nitrogen and oxygen atoms in total. The van der Waals surface area contributed by atoms with Gasteiger partial charge in [0.2, 0.25) is 11.0 Å². The smallest absolute Gasteiger partial charge is 0.416 e. The first-order chi connectivity index (χ1) is 18.5. The summed E-state index contributed by atoms with van der Waals surface area (Å²) in [7, 11) is -4.14. The van der Waals surface area contributed by atoms with Gasteiger partial charge >= 0.3 is 6.18 Å². The lowest BCUT2D eigenvalue weighted by Crippen LogP contribution is -2.45. The number of fused-ring (bicyclic) bond motifs is 1. The zero-order valence-electron chi connectivity index (χ0n) is 20.2. The fourth-order valence-electron chi connectivity index (χ4n) is 4.38. The van der Waals surface area contributed by atoms with E-state index in [0.717, 1.165) is 16.4 Å². The summed E-state index contributed by atoms with van der Waals surface area (Å²) in [4.78, 5) is 12.9. The van der Waals surface area contributed by atoms with Crippen molar-refractivity contribution in [3.8, 4) is 11.5 Å². The quantitative estimate of drug-likeness (QED) is 0.286. The Morgan fingerprint density at radius 3 is 2.54 bits per heavy atom. The molecule has 1 saturated heterocycles. The molecule has 0 bridgehead atoms. The third-order valence-corrected chi connectivity index (χ3v) is 8.08. The number of rotatable bonds is 7. The van der Waals surface area contributed by atoms with E-state index in [-0.39, 0.29) is 29.5 Å². The molecular formula is C27H22F4N2O5S. The van der Waals surface area contributed by atoms with Gasteiger partial charge in [-0.15, -0.1) is 0 Å². The van der Waals surface area contributed by atoms with Gasteiger partial charge in [-0.2, -0.15) is 17.5 Å². The number of benzene rings is 3. The summed E-state index contributed by atoms with van der Waals surface area (Å²) in [5, 5.41) is 2.67. The molecule has 204 valence electrons. The zero-order valence-corrected chi connectivity index (χ0v) is 21.1. The SMILES string of the molecule is O=C(NCc1ccc(Oc2cccc(C(F)(F)F)c2)cc1)C1CCCN1S(=O)(=O)c1cc2cc(F)ccc2o1. The average molecular weight is 563 g/mol. The Kier molecular flexibility index (Phi) is 7.08. The Morgan fingerprint density at radius 1 is 1.03 bits per heavy atom. The van der Waals surface area contributed by atoms with E-state index in [1.165, 1.54) is 36.4 Å². The van der Waals surface area contributed by atoms with Crippen LogP contribution in [0.25, 0.3) is 11.0 Å². The highest BCUT2D eigenvalue weighted by molar-refractivity contribution is 7.89. The van der Waals surface area contributed by atoms with Gasteiger partial charge in [-0.05, 0) is 66.9 Å². The number of sulfonamides is 1. The maximum absolute atomic E-state index is 13.5.